The fourth-order valence-electron chi connectivity index (χ4n) is 3.60. The van der Waals surface area contributed by atoms with E-state index in [9.17, 15) is 31.2 Å². The molecule has 10 nitrogen and oxygen atoms in total. The quantitative estimate of drug-likeness (QED) is 0.419. The van der Waals surface area contributed by atoms with Crippen LogP contribution in [0.4, 0.5) is 35.2 Å². The van der Waals surface area contributed by atoms with Crippen LogP contribution in [0.3, 0.4) is 0 Å². The zero-order valence-electron chi connectivity index (χ0n) is 19.1. The molecule has 0 spiro atoms. The molecule has 0 radical (unpaired) electrons. The van der Waals surface area contributed by atoms with Crippen LogP contribution in [-0.4, -0.2) is 42.6 Å². The second kappa shape index (κ2) is 9.97. The predicted molar refractivity (Wildman–Crippen MR) is 128 cm³/mol. The molecular formula is C23H20F3N5O5S. The Hall–Kier alpha value is -4.33. The molecular weight excluding hydrogens is 515 g/mol. The van der Waals surface area contributed by atoms with Gasteiger partial charge in [0.05, 0.1) is 11.4 Å². The van der Waals surface area contributed by atoms with E-state index in [0.29, 0.717) is 11.3 Å². The highest BCUT2D eigenvalue weighted by molar-refractivity contribution is 7.94. The monoisotopic (exact) mass is 535 g/mol. The lowest BCUT2D eigenvalue weighted by molar-refractivity contribution is -0.274. The molecule has 0 aliphatic carbocycles. The van der Waals surface area contributed by atoms with Crippen molar-refractivity contribution >= 4 is 39.3 Å². The molecule has 4 rings (SSSR count). The van der Waals surface area contributed by atoms with E-state index in [4.69, 9.17) is 0 Å². The zero-order chi connectivity index (χ0) is 26.8. The van der Waals surface area contributed by atoms with Crippen LogP contribution < -0.4 is 19.1 Å². The Bertz CT molecular complexity index is 1400. The average molecular weight is 536 g/mol. The molecule has 14 heteroatoms. The van der Waals surface area contributed by atoms with Gasteiger partial charge in [0, 0.05) is 12.7 Å². The molecule has 1 atom stereocenters. The Morgan fingerprint density at radius 2 is 1.68 bits per heavy atom. The zero-order valence-corrected chi connectivity index (χ0v) is 20.0. The summed E-state index contributed by atoms with van der Waals surface area (Å²) in [6, 6.07) is 14.0. The Morgan fingerprint density at radius 3 is 2.32 bits per heavy atom. The Morgan fingerprint density at radius 1 is 1.00 bits per heavy atom. The molecule has 1 unspecified atom stereocenters. The van der Waals surface area contributed by atoms with Gasteiger partial charge in [-0.05, 0) is 61.0 Å². The van der Waals surface area contributed by atoms with E-state index in [1.54, 1.807) is 36.4 Å². The second-order valence-corrected chi connectivity index (χ2v) is 9.34. The highest BCUT2D eigenvalue weighted by atomic mass is 32.2. The first-order valence-corrected chi connectivity index (χ1v) is 12.2. The summed E-state index contributed by atoms with van der Waals surface area (Å²) >= 11 is 0. The maximum Gasteiger partial charge on any atom is 0.573 e. The molecule has 0 bridgehead atoms. The Labute approximate surface area is 209 Å². The number of nitrogens with zero attached hydrogens (tertiary/aromatic N) is 3. The van der Waals surface area contributed by atoms with E-state index < -0.39 is 40.3 Å². The van der Waals surface area contributed by atoms with Crippen molar-refractivity contribution in [1.82, 2.24) is 9.88 Å². The highest BCUT2D eigenvalue weighted by Gasteiger charge is 2.43. The van der Waals surface area contributed by atoms with Gasteiger partial charge in [0.25, 0.3) is 5.91 Å². The van der Waals surface area contributed by atoms with Crippen molar-refractivity contribution in [3.63, 3.8) is 0 Å². The lowest BCUT2D eigenvalue weighted by Gasteiger charge is -2.20. The molecule has 0 saturated carbocycles. The van der Waals surface area contributed by atoms with Gasteiger partial charge in [0.2, 0.25) is 0 Å². The van der Waals surface area contributed by atoms with Gasteiger partial charge in [0.15, 0.2) is 0 Å². The van der Waals surface area contributed by atoms with Gasteiger partial charge in [-0.25, -0.2) is 14.7 Å². The summed E-state index contributed by atoms with van der Waals surface area (Å²) in [5.74, 6) is -1.08. The number of alkyl halides is 3. The number of para-hydroxylation sites is 1. The van der Waals surface area contributed by atoms with Gasteiger partial charge in [0.1, 0.15) is 17.6 Å². The summed E-state index contributed by atoms with van der Waals surface area (Å²) in [5.41, 5.74) is 0.907. The summed E-state index contributed by atoms with van der Waals surface area (Å²) in [6.45, 7) is 1.46. The van der Waals surface area contributed by atoms with E-state index in [2.05, 4.69) is 19.2 Å². The standard InChI is InChI=1S/C23H20F3N5O5S/c1-15-21(32)31(18-7-9-19(10-8-18)36-23(24,25)26)22(33)30(15)14-16-11-12-27-20(13-16)29-37(34,35)28-17-5-3-2-4-6-17/h2-13,15,28H,14H2,1H3,(H,27,29). The topological polar surface area (TPSA) is 121 Å². The smallest absolute Gasteiger partial charge is 0.406 e. The number of rotatable bonds is 8. The average Bonchev–Trinajstić information content (AvgIpc) is 3.02. The van der Waals surface area contributed by atoms with Crippen molar-refractivity contribution in [2.45, 2.75) is 25.9 Å². The van der Waals surface area contributed by atoms with Crippen LogP contribution in [-0.2, 0) is 21.5 Å². The largest absolute Gasteiger partial charge is 0.573 e. The van der Waals surface area contributed by atoms with Crippen LogP contribution in [0.5, 0.6) is 5.75 Å². The number of hydrogen-bond acceptors (Lipinski definition) is 6. The number of imide groups is 1. The molecule has 194 valence electrons. The molecule has 2 aromatic carbocycles. The SMILES string of the molecule is CC1C(=O)N(c2ccc(OC(F)(F)F)cc2)C(=O)N1Cc1ccnc(NS(=O)(=O)Nc2ccccc2)c1. The molecule has 1 fully saturated rings. The van der Waals surface area contributed by atoms with Crippen LogP contribution in [0, 0.1) is 0 Å². The van der Waals surface area contributed by atoms with Crippen molar-refractivity contribution in [2.24, 2.45) is 0 Å². The molecule has 3 amide bonds. The van der Waals surface area contributed by atoms with Crippen molar-refractivity contribution in [3.05, 3.63) is 78.5 Å². The van der Waals surface area contributed by atoms with Crippen LogP contribution in [0.2, 0.25) is 0 Å². The van der Waals surface area contributed by atoms with Crippen molar-refractivity contribution in [3.8, 4) is 5.75 Å². The minimum Gasteiger partial charge on any atom is -0.406 e. The Balaban J connectivity index is 1.47. The minimum atomic E-state index is -4.87. The van der Waals surface area contributed by atoms with Crippen molar-refractivity contribution in [2.75, 3.05) is 14.3 Å². The lowest BCUT2D eigenvalue weighted by atomic mass is 10.2. The number of amides is 3. The van der Waals surface area contributed by atoms with Crippen LogP contribution >= 0.6 is 0 Å². The minimum absolute atomic E-state index is 0.0105. The first-order chi connectivity index (χ1) is 17.4. The second-order valence-electron chi connectivity index (χ2n) is 7.92. The molecule has 2 N–H and O–H groups in total. The predicted octanol–water partition coefficient (Wildman–Crippen LogP) is 4.11. The molecule has 2 heterocycles. The van der Waals surface area contributed by atoms with Gasteiger partial charge in [-0.2, -0.15) is 8.42 Å². The number of hydrogen-bond donors (Lipinski definition) is 2. The van der Waals surface area contributed by atoms with Gasteiger partial charge < -0.3 is 9.64 Å². The van der Waals surface area contributed by atoms with E-state index in [1.807, 2.05) is 0 Å². The van der Waals surface area contributed by atoms with Gasteiger partial charge in [-0.1, -0.05) is 18.2 Å². The number of halogens is 3. The summed E-state index contributed by atoms with van der Waals surface area (Å²) in [5, 5.41) is 0. The van der Waals surface area contributed by atoms with Crippen LogP contribution in [0.1, 0.15) is 12.5 Å². The maximum atomic E-state index is 13.0. The first-order valence-electron chi connectivity index (χ1n) is 10.7. The van der Waals surface area contributed by atoms with Crippen molar-refractivity contribution in [1.29, 1.82) is 0 Å². The van der Waals surface area contributed by atoms with E-state index in [0.717, 1.165) is 17.0 Å². The molecule has 3 aromatic rings. The summed E-state index contributed by atoms with van der Waals surface area (Å²) in [6.07, 6.45) is -3.53. The molecule has 1 aliphatic heterocycles. The number of aromatic nitrogens is 1. The van der Waals surface area contributed by atoms with Gasteiger partial charge in [-0.15, -0.1) is 13.2 Å². The molecule has 1 aliphatic rings. The van der Waals surface area contributed by atoms with E-state index in [-0.39, 0.29) is 18.1 Å². The van der Waals surface area contributed by atoms with Gasteiger partial charge >= 0.3 is 22.6 Å². The van der Waals surface area contributed by atoms with Crippen LogP contribution in [0.25, 0.3) is 0 Å². The first kappa shape index (κ1) is 25.8. The summed E-state index contributed by atoms with van der Waals surface area (Å²) < 4.78 is 70.5. The summed E-state index contributed by atoms with van der Waals surface area (Å²) in [4.78, 5) is 31.9. The normalized spacial score (nSPS) is 16.2. The number of anilines is 3. The number of nitrogens with one attached hydrogen (secondary N) is 2. The van der Waals surface area contributed by atoms with E-state index >= 15 is 0 Å². The maximum absolute atomic E-state index is 13.0. The lowest BCUT2D eigenvalue weighted by Crippen LogP contribution is -2.33. The number of pyridine rings is 1. The molecule has 1 saturated heterocycles. The third-order valence-electron chi connectivity index (χ3n) is 5.25. The fourth-order valence-corrected chi connectivity index (χ4v) is 4.48. The van der Waals surface area contributed by atoms with Crippen LogP contribution in [0.15, 0.2) is 72.9 Å². The fraction of sp³-hybridized carbons (Fsp3) is 0.174. The molecule has 37 heavy (non-hydrogen) atoms. The highest BCUT2D eigenvalue weighted by Crippen LogP contribution is 2.30. The third-order valence-corrected chi connectivity index (χ3v) is 6.24. The molecule has 1 aromatic heterocycles. The number of benzene rings is 2. The third kappa shape index (κ3) is 6.27. The van der Waals surface area contributed by atoms with Crippen molar-refractivity contribution < 1.29 is 35.9 Å². The number of carbonyl (C=O) groups is 2. The number of urea groups is 1. The summed E-state index contributed by atoms with van der Waals surface area (Å²) in [7, 11) is -4.01. The number of carbonyl (C=O) groups excluding carboxylic acids is 2. The van der Waals surface area contributed by atoms with Gasteiger partial charge in [-0.3, -0.25) is 14.2 Å². The van der Waals surface area contributed by atoms with E-state index in [1.165, 1.54) is 36.2 Å². The Kier molecular flexibility index (Phi) is 6.94. The number of ether oxygens (including phenoxy) is 1.